The molecule has 4 aromatic rings. The van der Waals surface area contributed by atoms with Crippen molar-refractivity contribution in [2.24, 2.45) is 0 Å². The molecule has 1 amide bonds. The third kappa shape index (κ3) is 3.01. The van der Waals surface area contributed by atoms with E-state index >= 15 is 0 Å². The van der Waals surface area contributed by atoms with Gasteiger partial charge in [0.15, 0.2) is 5.65 Å². The highest BCUT2D eigenvalue weighted by molar-refractivity contribution is 6.01. The maximum Gasteiger partial charge on any atom is 0.265 e. The van der Waals surface area contributed by atoms with E-state index in [2.05, 4.69) is 23.2 Å². The number of fused-ring (bicyclic) bond motifs is 2. The van der Waals surface area contributed by atoms with Gasteiger partial charge in [0.25, 0.3) is 11.5 Å². The molecule has 5 rings (SSSR count). The zero-order chi connectivity index (χ0) is 19.8. The van der Waals surface area contributed by atoms with E-state index in [1.165, 1.54) is 15.5 Å². The van der Waals surface area contributed by atoms with Crippen molar-refractivity contribution in [3.63, 3.8) is 0 Å². The highest BCUT2D eigenvalue weighted by atomic mass is 16.2. The Morgan fingerprint density at radius 1 is 0.931 bits per heavy atom. The predicted octanol–water partition coefficient (Wildman–Crippen LogP) is 3.78. The third-order valence-electron chi connectivity index (χ3n) is 5.42. The van der Waals surface area contributed by atoms with Crippen LogP contribution in [0.1, 0.15) is 22.3 Å². The number of aromatic nitrogens is 2. The maximum absolute atomic E-state index is 13.2. The molecule has 0 saturated carbocycles. The molecule has 0 atom stereocenters. The van der Waals surface area contributed by atoms with Crippen LogP contribution in [0.5, 0.6) is 0 Å². The second-order valence-electron chi connectivity index (χ2n) is 7.15. The summed E-state index contributed by atoms with van der Waals surface area (Å²) in [6, 6.07) is 20.9. The number of hydrogen-bond donors (Lipinski definition) is 0. The smallest absolute Gasteiger partial charge is 0.265 e. The van der Waals surface area contributed by atoms with Crippen LogP contribution in [-0.2, 0) is 0 Å². The van der Waals surface area contributed by atoms with Crippen LogP contribution >= 0.6 is 0 Å². The highest BCUT2D eigenvalue weighted by Crippen LogP contribution is 2.23. The van der Waals surface area contributed by atoms with Gasteiger partial charge in [0, 0.05) is 19.3 Å². The van der Waals surface area contributed by atoms with Crippen molar-refractivity contribution in [1.82, 2.24) is 14.3 Å². The molecule has 3 heterocycles. The monoisotopic (exact) mass is 381 g/mol. The predicted molar refractivity (Wildman–Crippen MR) is 114 cm³/mol. The Morgan fingerprint density at radius 3 is 2.52 bits per heavy atom. The fraction of sp³-hybridized carbons (Fsp3) is 0.125. The Bertz CT molecular complexity index is 1320. The van der Waals surface area contributed by atoms with E-state index in [1.54, 1.807) is 30.5 Å². The third-order valence-corrected chi connectivity index (χ3v) is 5.42. The van der Waals surface area contributed by atoms with Crippen molar-refractivity contribution in [3.05, 3.63) is 100 Å². The fourth-order valence-electron chi connectivity index (χ4n) is 3.88. The van der Waals surface area contributed by atoms with Gasteiger partial charge in [0.2, 0.25) is 0 Å². The van der Waals surface area contributed by atoms with E-state index in [0.717, 1.165) is 6.42 Å². The van der Waals surface area contributed by atoms with E-state index in [4.69, 9.17) is 0 Å². The number of hydrogen-bond acceptors (Lipinski definition) is 3. The van der Waals surface area contributed by atoms with E-state index in [9.17, 15) is 9.59 Å². The van der Waals surface area contributed by atoms with E-state index in [0.29, 0.717) is 35.2 Å². The van der Waals surface area contributed by atoms with Crippen molar-refractivity contribution in [3.8, 4) is 0 Å². The molecule has 0 spiro atoms. The average molecular weight is 381 g/mol. The minimum atomic E-state index is -0.162. The first-order valence-electron chi connectivity index (χ1n) is 9.66. The average Bonchev–Trinajstić information content (AvgIpc) is 2.79. The van der Waals surface area contributed by atoms with Crippen LogP contribution in [0.15, 0.2) is 83.8 Å². The zero-order valence-electron chi connectivity index (χ0n) is 15.8. The van der Waals surface area contributed by atoms with E-state index < -0.39 is 0 Å². The van der Waals surface area contributed by atoms with Crippen molar-refractivity contribution in [1.29, 1.82) is 0 Å². The molecule has 2 aromatic heterocycles. The van der Waals surface area contributed by atoms with Gasteiger partial charge in [0.05, 0.1) is 16.5 Å². The molecule has 1 aliphatic rings. The summed E-state index contributed by atoms with van der Waals surface area (Å²) in [6.45, 7) is 1.18. The second kappa shape index (κ2) is 7.02. The van der Waals surface area contributed by atoms with E-state index in [1.807, 2.05) is 35.2 Å². The fourth-order valence-corrected chi connectivity index (χ4v) is 3.88. The summed E-state index contributed by atoms with van der Waals surface area (Å²) in [5.41, 5.74) is 3.75. The number of carbonyl (C=O) groups excluding carboxylic acids is 1. The molecule has 0 saturated heterocycles. The molecule has 0 N–H and O–H groups in total. The van der Waals surface area contributed by atoms with Gasteiger partial charge in [-0.05, 0) is 41.8 Å². The Labute approximate surface area is 167 Å². The number of carbonyl (C=O) groups is 1. The lowest BCUT2D eigenvalue weighted by Crippen LogP contribution is -2.35. The number of nitrogens with zero attached hydrogens (tertiary/aromatic N) is 3. The van der Waals surface area contributed by atoms with Crippen LogP contribution in [0.2, 0.25) is 0 Å². The molecule has 1 aliphatic heterocycles. The Morgan fingerprint density at radius 2 is 1.72 bits per heavy atom. The number of pyridine rings is 1. The maximum atomic E-state index is 13.2. The molecule has 0 unspecified atom stereocenters. The van der Waals surface area contributed by atoms with Crippen LogP contribution in [-0.4, -0.2) is 33.3 Å². The summed E-state index contributed by atoms with van der Waals surface area (Å²) >= 11 is 0. The lowest BCUT2D eigenvalue weighted by Gasteiger charge is -2.27. The van der Waals surface area contributed by atoms with Gasteiger partial charge in [0.1, 0.15) is 0 Å². The van der Waals surface area contributed by atoms with Gasteiger partial charge in [-0.3, -0.25) is 14.0 Å². The molecule has 0 bridgehead atoms. The number of amides is 1. The molecule has 0 radical (unpaired) electrons. The number of benzene rings is 2. The van der Waals surface area contributed by atoms with Gasteiger partial charge in [-0.25, -0.2) is 4.98 Å². The normalized spacial score (nSPS) is 14.2. The van der Waals surface area contributed by atoms with Crippen molar-refractivity contribution in [2.75, 3.05) is 13.1 Å². The second-order valence-corrected chi connectivity index (χ2v) is 7.15. The van der Waals surface area contributed by atoms with Gasteiger partial charge < -0.3 is 4.90 Å². The molecule has 0 aliphatic carbocycles. The van der Waals surface area contributed by atoms with Crippen LogP contribution in [0.3, 0.4) is 0 Å². The summed E-state index contributed by atoms with van der Waals surface area (Å²) in [4.78, 5) is 32.5. The molecule has 5 heteroatoms. The number of para-hydroxylation sites is 1. The van der Waals surface area contributed by atoms with Crippen molar-refractivity contribution in [2.45, 2.75) is 6.42 Å². The topological polar surface area (TPSA) is 54.7 Å². The van der Waals surface area contributed by atoms with Gasteiger partial charge >= 0.3 is 0 Å². The number of rotatable bonds is 2. The molecule has 5 nitrogen and oxygen atoms in total. The van der Waals surface area contributed by atoms with Gasteiger partial charge in [-0.2, -0.15) is 0 Å². The first kappa shape index (κ1) is 17.4. The summed E-state index contributed by atoms with van der Waals surface area (Å²) < 4.78 is 1.46. The summed E-state index contributed by atoms with van der Waals surface area (Å²) in [5.74, 6) is -0.103. The van der Waals surface area contributed by atoms with Crippen LogP contribution in [0.25, 0.3) is 22.1 Å². The first-order valence-corrected chi connectivity index (χ1v) is 9.66. The summed E-state index contributed by atoms with van der Waals surface area (Å²) in [6.07, 6.45) is 4.57. The molecule has 2 aromatic carbocycles. The quantitative estimate of drug-likeness (QED) is 0.497. The van der Waals surface area contributed by atoms with Gasteiger partial charge in [-0.1, -0.05) is 48.5 Å². The summed E-state index contributed by atoms with van der Waals surface area (Å²) in [5, 5.41) is 0.544. The SMILES string of the molecule is O=C(c1cccn2c(=O)c3ccccc3nc12)N1CC=C(c2ccccc2)CC1. The Balaban J connectivity index is 1.52. The molecule has 0 fully saturated rings. The largest absolute Gasteiger partial charge is 0.334 e. The molecule has 142 valence electrons. The molecule has 29 heavy (non-hydrogen) atoms. The van der Waals surface area contributed by atoms with Crippen LogP contribution in [0.4, 0.5) is 0 Å². The minimum Gasteiger partial charge on any atom is -0.334 e. The Hall–Kier alpha value is -3.73. The highest BCUT2D eigenvalue weighted by Gasteiger charge is 2.22. The first-order chi connectivity index (χ1) is 14.2. The summed E-state index contributed by atoms with van der Waals surface area (Å²) in [7, 11) is 0. The van der Waals surface area contributed by atoms with Crippen molar-refractivity contribution >= 4 is 28.0 Å². The Kier molecular flexibility index (Phi) is 4.21. The lowest BCUT2D eigenvalue weighted by molar-refractivity contribution is 0.0774. The lowest BCUT2D eigenvalue weighted by atomic mass is 9.99. The van der Waals surface area contributed by atoms with Crippen LogP contribution < -0.4 is 5.56 Å². The standard InChI is InChI=1S/C24H19N3O2/c28-23(26-15-12-18(13-16-26)17-7-2-1-3-8-17)20-10-6-14-27-22(20)25-21-11-5-4-9-19(21)24(27)29/h1-12,14H,13,15-16H2. The van der Waals surface area contributed by atoms with Crippen LogP contribution in [0, 0.1) is 0 Å². The van der Waals surface area contributed by atoms with Crippen molar-refractivity contribution < 1.29 is 4.79 Å². The molecular formula is C24H19N3O2. The minimum absolute atomic E-state index is 0.103. The molecular weight excluding hydrogens is 362 g/mol. The zero-order valence-corrected chi connectivity index (χ0v) is 15.8. The van der Waals surface area contributed by atoms with Gasteiger partial charge in [-0.15, -0.1) is 0 Å². The van der Waals surface area contributed by atoms with E-state index in [-0.39, 0.29) is 11.5 Å².